The summed E-state index contributed by atoms with van der Waals surface area (Å²) in [5.74, 6) is -0.502. The van der Waals surface area contributed by atoms with E-state index in [9.17, 15) is 14.4 Å². The Bertz CT molecular complexity index is 660. The summed E-state index contributed by atoms with van der Waals surface area (Å²) < 4.78 is 15.4. The Morgan fingerprint density at radius 3 is 2.67 bits per heavy atom. The number of rotatable bonds is 8. The van der Waals surface area contributed by atoms with E-state index in [0.717, 1.165) is 18.4 Å². The van der Waals surface area contributed by atoms with E-state index in [4.69, 9.17) is 14.2 Å². The molecule has 1 heterocycles. The molecule has 27 heavy (non-hydrogen) atoms. The lowest BCUT2D eigenvalue weighted by molar-refractivity contribution is -0.160. The smallest absolute Gasteiger partial charge is 0.328 e. The van der Waals surface area contributed by atoms with E-state index in [2.05, 4.69) is 0 Å². The van der Waals surface area contributed by atoms with Crippen LogP contribution in [0.25, 0.3) is 0 Å². The maximum atomic E-state index is 12.4. The highest BCUT2D eigenvalue weighted by molar-refractivity contribution is 5.86. The Hall–Kier alpha value is -2.57. The molecule has 0 radical (unpaired) electrons. The first kappa shape index (κ1) is 20.7. The Morgan fingerprint density at radius 1 is 1.15 bits per heavy atom. The Balaban J connectivity index is 1.82. The Morgan fingerprint density at radius 2 is 1.93 bits per heavy atom. The van der Waals surface area contributed by atoms with Crippen LogP contribution in [0.5, 0.6) is 5.75 Å². The molecule has 1 atom stereocenters. The first-order valence-corrected chi connectivity index (χ1v) is 9.30. The van der Waals surface area contributed by atoms with Gasteiger partial charge >= 0.3 is 11.9 Å². The van der Waals surface area contributed by atoms with Crippen LogP contribution in [0.1, 0.15) is 38.2 Å². The summed E-state index contributed by atoms with van der Waals surface area (Å²) in [7, 11) is 1.58. The molecule has 1 unspecified atom stereocenters. The molecule has 1 saturated heterocycles. The van der Waals surface area contributed by atoms with Crippen molar-refractivity contribution < 1.29 is 28.6 Å². The molecule has 0 bridgehead atoms. The summed E-state index contributed by atoms with van der Waals surface area (Å²) in [6.07, 6.45) is 2.88. The predicted octanol–water partition coefficient (Wildman–Crippen LogP) is 2.12. The van der Waals surface area contributed by atoms with Gasteiger partial charge in [0.25, 0.3) is 5.91 Å². The van der Waals surface area contributed by atoms with Crippen molar-refractivity contribution in [3.63, 3.8) is 0 Å². The number of amides is 1. The number of aryl methyl sites for hydroxylation is 1. The number of hydrogen-bond donors (Lipinski definition) is 0. The van der Waals surface area contributed by atoms with Crippen molar-refractivity contribution in [2.45, 2.75) is 45.1 Å². The maximum absolute atomic E-state index is 12.4. The van der Waals surface area contributed by atoms with Crippen LogP contribution in [0.2, 0.25) is 0 Å². The van der Waals surface area contributed by atoms with Crippen LogP contribution in [0, 0.1) is 0 Å². The lowest BCUT2D eigenvalue weighted by Gasteiger charge is -2.33. The second-order valence-corrected chi connectivity index (χ2v) is 6.32. The third kappa shape index (κ3) is 5.98. The first-order valence-electron chi connectivity index (χ1n) is 9.30. The summed E-state index contributed by atoms with van der Waals surface area (Å²) >= 11 is 0. The third-order valence-electron chi connectivity index (χ3n) is 4.53. The molecule has 0 N–H and O–H groups in total. The van der Waals surface area contributed by atoms with E-state index in [1.54, 1.807) is 14.0 Å². The number of carbonyl (C=O) groups is 3. The maximum Gasteiger partial charge on any atom is 0.328 e. The van der Waals surface area contributed by atoms with Crippen LogP contribution in [-0.2, 0) is 30.3 Å². The highest BCUT2D eigenvalue weighted by atomic mass is 16.5. The molecule has 7 nitrogen and oxygen atoms in total. The van der Waals surface area contributed by atoms with Crippen LogP contribution in [0.15, 0.2) is 24.3 Å². The van der Waals surface area contributed by atoms with Crippen LogP contribution in [0.4, 0.5) is 0 Å². The normalized spacial score (nSPS) is 16.5. The average Bonchev–Trinajstić information content (AvgIpc) is 2.70. The minimum atomic E-state index is -0.585. The van der Waals surface area contributed by atoms with Crippen molar-refractivity contribution in [1.29, 1.82) is 0 Å². The number of methoxy groups -OCH3 is 1. The van der Waals surface area contributed by atoms with Crippen molar-refractivity contribution in [2.75, 3.05) is 26.9 Å². The van der Waals surface area contributed by atoms with Gasteiger partial charge in [0.2, 0.25) is 0 Å². The van der Waals surface area contributed by atoms with E-state index in [1.165, 1.54) is 4.90 Å². The fraction of sp³-hybridized carbons (Fsp3) is 0.550. The largest absolute Gasteiger partial charge is 0.496 e. The number of para-hydroxylation sites is 1. The molecule has 1 aliphatic heterocycles. The minimum Gasteiger partial charge on any atom is -0.496 e. The van der Waals surface area contributed by atoms with Gasteiger partial charge in [0.1, 0.15) is 11.8 Å². The molecule has 1 amide bonds. The van der Waals surface area contributed by atoms with Gasteiger partial charge in [0, 0.05) is 13.0 Å². The van der Waals surface area contributed by atoms with E-state index < -0.39 is 18.0 Å². The van der Waals surface area contributed by atoms with Gasteiger partial charge in [0.15, 0.2) is 6.61 Å². The summed E-state index contributed by atoms with van der Waals surface area (Å²) in [4.78, 5) is 37.9. The fourth-order valence-corrected chi connectivity index (χ4v) is 3.16. The van der Waals surface area contributed by atoms with Crippen molar-refractivity contribution >= 4 is 17.8 Å². The van der Waals surface area contributed by atoms with Crippen molar-refractivity contribution in [2.24, 2.45) is 0 Å². The topological polar surface area (TPSA) is 82.1 Å². The van der Waals surface area contributed by atoms with Crippen LogP contribution in [0.3, 0.4) is 0 Å². The molecule has 0 aliphatic carbocycles. The lowest BCUT2D eigenvalue weighted by atomic mass is 10.0. The summed E-state index contributed by atoms with van der Waals surface area (Å²) in [6.45, 7) is 2.12. The van der Waals surface area contributed by atoms with Gasteiger partial charge in [-0.1, -0.05) is 18.2 Å². The number of likely N-dealkylation sites (tertiary alicyclic amines) is 1. The second-order valence-electron chi connectivity index (χ2n) is 6.32. The Kier molecular flexibility index (Phi) is 8.10. The fourth-order valence-electron chi connectivity index (χ4n) is 3.16. The van der Waals surface area contributed by atoms with Gasteiger partial charge in [-0.3, -0.25) is 9.59 Å². The van der Waals surface area contributed by atoms with Crippen molar-refractivity contribution in [3.05, 3.63) is 29.8 Å². The molecular formula is C20H27NO6. The average molecular weight is 377 g/mol. The molecule has 1 aliphatic rings. The van der Waals surface area contributed by atoms with Gasteiger partial charge in [-0.25, -0.2) is 4.79 Å². The highest BCUT2D eigenvalue weighted by Gasteiger charge is 2.33. The molecule has 1 fully saturated rings. The van der Waals surface area contributed by atoms with Gasteiger partial charge in [-0.2, -0.15) is 0 Å². The van der Waals surface area contributed by atoms with Gasteiger partial charge in [-0.05, 0) is 44.2 Å². The molecule has 0 saturated carbocycles. The highest BCUT2D eigenvalue weighted by Crippen LogP contribution is 2.20. The third-order valence-corrected chi connectivity index (χ3v) is 4.53. The number of esters is 2. The second kappa shape index (κ2) is 10.5. The first-order chi connectivity index (χ1) is 13.1. The minimum absolute atomic E-state index is 0.148. The lowest BCUT2D eigenvalue weighted by Crippen LogP contribution is -2.50. The molecule has 1 aromatic carbocycles. The quantitative estimate of drug-likeness (QED) is 0.646. The summed E-state index contributed by atoms with van der Waals surface area (Å²) in [5.41, 5.74) is 0.904. The molecule has 2 rings (SSSR count). The summed E-state index contributed by atoms with van der Waals surface area (Å²) in [6, 6.07) is 6.86. The molecule has 1 aromatic rings. The number of benzene rings is 1. The standard InChI is InChI=1S/C20H27NO6/c1-3-26-20(24)16-9-6-7-13-21(16)18(22)14-27-19(23)12-11-15-8-4-5-10-17(15)25-2/h4-5,8,10,16H,3,6-7,9,11-14H2,1-2H3. The van der Waals surface area contributed by atoms with Crippen LogP contribution < -0.4 is 4.74 Å². The molecule has 0 spiro atoms. The molecule has 148 valence electrons. The van der Waals surface area contributed by atoms with E-state index in [-0.39, 0.29) is 25.5 Å². The molecule has 7 heteroatoms. The zero-order valence-electron chi connectivity index (χ0n) is 15.9. The van der Waals surface area contributed by atoms with Gasteiger partial charge < -0.3 is 19.1 Å². The van der Waals surface area contributed by atoms with Crippen LogP contribution in [-0.4, -0.2) is 55.7 Å². The van der Waals surface area contributed by atoms with Crippen molar-refractivity contribution in [1.82, 2.24) is 4.90 Å². The van der Waals surface area contributed by atoms with E-state index in [1.807, 2.05) is 24.3 Å². The zero-order valence-corrected chi connectivity index (χ0v) is 15.9. The number of piperidine rings is 1. The Labute approximate surface area is 159 Å². The number of nitrogens with zero attached hydrogens (tertiary/aromatic N) is 1. The number of carbonyl (C=O) groups excluding carboxylic acids is 3. The monoisotopic (exact) mass is 377 g/mol. The van der Waals surface area contributed by atoms with E-state index >= 15 is 0 Å². The zero-order chi connectivity index (χ0) is 19.6. The van der Waals surface area contributed by atoms with Gasteiger partial charge in [0.05, 0.1) is 13.7 Å². The predicted molar refractivity (Wildman–Crippen MR) is 98.3 cm³/mol. The number of hydrogen-bond acceptors (Lipinski definition) is 6. The van der Waals surface area contributed by atoms with Crippen LogP contribution >= 0.6 is 0 Å². The summed E-state index contributed by atoms with van der Waals surface area (Å²) in [5, 5.41) is 0. The van der Waals surface area contributed by atoms with Crippen molar-refractivity contribution in [3.8, 4) is 5.75 Å². The number of ether oxygens (including phenoxy) is 3. The molecule has 0 aromatic heterocycles. The van der Waals surface area contributed by atoms with Gasteiger partial charge in [-0.15, -0.1) is 0 Å². The molecular weight excluding hydrogens is 350 g/mol. The van der Waals surface area contributed by atoms with E-state index in [0.29, 0.717) is 25.1 Å². The SMILES string of the molecule is CCOC(=O)C1CCCCN1C(=O)COC(=O)CCc1ccccc1OC.